The van der Waals surface area contributed by atoms with Gasteiger partial charge < -0.3 is 0 Å². The third-order valence-electron chi connectivity index (χ3n) is 1.84. The zero-order valence-electron chi connectivity index (χ0n) is 8.00. The molecule has 0 rings (SSSR count). The van der Waals surface area contributed by atoms with Crippen molar-refractivity contribution in [2.45, 2.75) is 42.8 Å². The summed E-state index contributed by atoms with van der Waals surface area (Å²) in [5.41, 5.74) is 0. The van der Waals surface area contributed by atoms with Gasteiger partial charge in [0.2, 0.25) is 0 Å². The van der Waals surface area contributed by atoms with E-state index < -0.39 is 9.75 Å². The van der Waals surface area contributed by atoms with Crippen molar-refractivity contribution in [2.24, 2.45) is 5.92 Å². The Balaban J connectivity index is 4.70. The van der Waals surface area contributed by atoms with Gasteiger partial charge in [0.05, 0.1) is 0 Å². The van der Waals surface area contributed by atoms with Crippen LogP contribution in [0.1, 0.15) is 27.7 Å². The van der Waals surface area contributed by atoms with Crippen LogP contribution in [0.15, 0.2) is 0 Å². The number of hydrogen-bond donors (Lipinski definition) is 0. The Morgan fingerprint density at radius 1 is 1.00 bits per heavy atom. The van der Waals surface area contributed by atoms with Crippen molar-refractivity contribution >= 4 is 34.8 Å². The number of halogens is 3. The molecule has 0 heterocycles. The van der Waals surface area contributed by atoms with Gasteiger partial charge in [-0.25, -0.2) is 0 Å². The maximum absolute atomic E-state index is 6.17. The summed E-state index contributed by atoms with van der Waals surface area (Å²) in [6.07, 6.45) is 0. The van der Waals surface area contributed by atoms with Gasteiger partial charge in [0.25, 0.3) is 0 Å². The van der Waals surface area contributed by atoms with Crippen LogP contribution in [0, 0.1) is 12.8 Å². The first-order valence-electron chi connectivity index (χ1n) is 3.92. The molecule has 1 unspecified atom stereocenters. The van der Waals surface area contributed by atoms with E-state index in [-0.39, 0.29) is 11.3 Å². The van der Waals surface area contributed by atoms with Crippen molar-refractivity contribution < 1.29 is 0 Å². The lowest BCUT2D eigenvalue weighted by Gasteiger charge is -2.39. The Morgan fingerprint density at radius 2 is 1.25 bits per heavy atom. The van der Waals surface area contributed by atoms with E-state index in [1.165, 1.54) is 0 Å². The van der Waals surface area contributed by atoms with Crippen molar-refractivity contribution in [3.05, 3.63) is 6.92 Å². The molecule has 0 spiro atoms. The molecular weight excluding hydrogens is 214 g/mol. The highest BCUT2D eigenvalue weighted by molar-refractivity contribution is 6.29. The summed E-state index contributed by atoms with van der Waals surface area (Å²) in [4.78, 5) is -0.862. The molecule has 0 aliphatic heterocycles. The summed E-state index contributed by atoms with van der Waals surface area (Å²) in [7, 11) is 0. The van der Waals surface area contributed by atoms with Crippen LogP contribution in [0.3, 0.4) is 0 Å². The van der Waals surface area contributed by atoms with Crippen molar-refractivity contribution in [1.82, 2.24) is 0 Å². The van der Waals surface area contributed by atoms with Crippen LogP contribution in [-0.2, 0) is 0 Å². The summed E-state index contributed by atoms with van der Waals surface area (Å²) < 4.78 is 0. The van der Waals surface area contributed by atoms with Gasteiger partial charge in [0, 0.05) is 21.0 Å². The van der Waals surface area contributed by atoms with Gasteiger partial charge in [-0.15, -0.1) is 34.8 Å². The van der Waals surface area contributed by atoms with Crippen molar-refractivity contribution in [2.75, 3.05) is 0 Å². The van der Waals surface area contributed by atoms with Crippen LogP contribution in [0.2, 0.25) is 0 Å². The second-order valence-electron chi connectivity index (χ2n) is 4.12. The molecule has 0 aromatic rings. The third-order valence-corrected chi connectivity index (χ3v) is 2.56. The summed E-state index contributed by atoms with van der Waals surface area (Å²) in [5, 5.41) is -0.273. The summed E-state index contributed by atoms with van der Waals surface area (Å²) in [6, 6.07) is 0. The van der Waals surface area contributed by atoms with E-state index in [0.717, 1.165) is 0 Å². The molecule has 0 aromatic carbocycles. The predicted molar refractivity (Wildman–Crippen MR) is 58.4 cm³/mol. The highest BCUT2D eigenvalue weighted by atomic mass is 35.5. The van der Waals surface area contributed by atoms with Gasteiger partial charge in [0.1, 0.15) is 0 Å². The SMILES string of the molecule is [CH2]C(Cl)C(C(C)(C)Cl)C(C)(C)Cl. The van der Waals surface area contributed by atoms with Crippen LogP contribution in [-0.4, -0.2) is 15.1 Å². The van der Waals surface area contributed by atoms with E-state index in [9.17, 15) is 0 Å². The second kappa shape index (κ2) is 3.94. The van der Waals surface area contributed by atoms with E-state index in [0.29, 0.717) is 0 Å². The molecule has 1 atom stereocenters. The minimum Gasteiger partial charge on any atom is -0.123 e. The first-order chi connectivity index (χ1) is 5.07. The molecule has 12 heavy (non-hydrogen) atoms. The first kappa shape index (κ1) is 12.9. The smallest absolute Gasteiger partial charge is 0.0449 e. The van der Waals surface area contributed by atoms with Gasteiger partial charge in [-0.2, -0.15) is 0 Å². The minimum atomic E-state index is -0.431. The monoisotopic (exact) mass is 229 g/mol. The second-order valence-corrected chi connectivity index (χ2v) is 6.63. The molecule has 0 saturated carbocycles. The maximum atomic E-state index is 6.17. The lowest BCUT2D eigenvalue weighted by Crippen LogP contribution is -2.43. The van der Waals surface area contributed by atoms with Crippen LogP contribution < -0.4 is 0 Å². The van der Waals surface area contributed by atoms with E-state index >= 15 is 0 Å². The minimum absolute atomic E-state index is 0.0324. The Hall–Kier alpha value is 0.870. The van der Waals surface area contributed by atoms with E-state index in [2.05, 4.69) is 6.92 Å². The number of hydrogen-bond acceptors (Lipinski definition) is 0. The molecule has 1 radical (unpaired) electrons. The van der Waals surface area contributed by atoms with Crippen molar-refractivity contribution in [3.63, 3.8) is 0 Å². The van der Waals surface area contributed by atoms with Gasteiger partial charge >= 0.3 is 0 Å². The molecule has 0 aliphatic carbocycles. The lowest BCUT2D eigenvalue weighted by molar-refractivity contribution is 0.342. The highest BCUT2D eigenvalue weighted by Gasteiger charge is 2.41. The molecule has 0 saturated heterocycles. The molecule has 0 bridgehead atoms. The quantitative estimate of drug-likeness (QED) is 0.641. The summed E-state index contributed by atoms with van der Waals surface area (Å²) in [5.74, 6) is -0.0324. The third kappa shape index (κ3) is 3.72. The topological polar surface area (TPSA) is 0 Å². The highest BCUT2D eigenvalue weighted by Crippen LogP contribution is 2.41. The van der Waals surface area contributed by atoms with E-state index in [1.807, 2.05) is 27.7 Å². The number of alkyl halides is 3. The van der Waals surface area contributed by atoms with Crippen LogP contribution in [0.25, 0.3) is 0 Å². The van der Waals surface area contributed by atoms with E-state index in [4.69, 9.17) is 34.8 Å². The molecule has 0 aromatic heterocycles. The van der Waals surface area contributed by atoms with Gasteiger partial charge in [-0.1, -0.05) is 0 Å². The molecular formula is C9H16Cl3. The fourth-order valence-corrected chi connectivity index (χ4v) is 3.34. The molecule has 3 heteroatoms. The lowest BCUT2D eigenvalue weighted by atomic mass is 9.82. The Bertz CT molecular complexity index is 125. The van der Waals surface area contributed by atoms with Gasteiger partial charge in [-0.3, -0.25) is 0 Å². The molecule has 73 valence electrons. The fraction of sp³-hybridized carbons (Fsp3) is 0.889. The summed E-state index contributed by atoms with van der Waals surface area (Å²) >= 11 is 18.3. The standard InChI is InChI=1S/C9H16Cl3/c1-6(10)7(8(2,3)11)9(4,5)12/h6-7H,1H2,2-5H3. The zero-order valence-corrected chi connectivity index (χ0v) is 10.3. The average Bonchev–Trinajstić information content (AvgIpc) is 1.49. The van der Waals surface area contributed by atoms with Gasteiger partial charge in [-0.05, 0) is 34.6 Å². The Kier molecular flexibility index (Phi) is 4.22. The zero-order chi connectivity index (χ0) is 10.2. The normalized spacial score (nSPS) is 16.8. The van der Waals surface area contributed by atoms with Gasteiger partial charge in [0.15, 0.2) is 0 Å². The largest absolute Gasteiger partial charge is 0.123 e. The maximum Gasteiger partial charge on any atom is 0.0449 e. The molecule has 0 fully saturated rings. The Labute approximate surface area is 90.6 Å². The summed E-state index contributed by atoms with van der Waals surface area (Å²) in [6.45, 7) is 11.4. The predicted octanol–water partition coefficient (Wildman–Crippen LogP) is 4.08. The van der Waals surface area contributed by atoms with Crippen LogP contribution >= 0.6 is 34.8 Å². The van der Waals surface area contributed by atoms with Crippen molar-refractivity contribution in [3.8, 4) is 0 Å². The molecule has 0 amide bonds. The molecule has 0 aliphatic rings. The van der Waals surface area contributed by atoms with E-state index in [1.54, 1.807) is 0 Å². The van der Waals surface area contributed by atoms with Crippen LogP contribution in [0.4, 0.5) is 0 Å². The first-order valence-corrected chi connectivity index (χ1v) is 5.11. The van der Waals surface area contributed by atoms with Crippen molar-refractivity contribution in [1.29, 1.82) is 0 Å². The number of rotatable bonds is 3. The molecule has 0 nitrogen and oxygen atoms in total. The van der Waals surface area contributed by atoms with Crippen LogP contribution in [0.5, 0.6) is 0 Å². The Morgan fingerprint density at radius 3 is 1.25 bits per heavy atom. The molecule has 0 N–H and O–H groups in total. The average molecular weight is 231 g/mol. The fourth-order valence-electron chi connectivity index (χ4n) is 1.68.